The van der Waals surface area contributed by atoms with Gasteiger partial charge in [-0.3, -0.25) is 4.79 Å². The Morgan fingerprint density at radius 3 is 2.68 bits per heavy atom. The number of anilines is 1. The molecule has 2 aromatic rings. The first-order valence-electron chi connectivity index (χ1n) is 8.54. The van der Waals surface area contributed by atoms with E-state index < -0.39 is 0 Å². The second kappa shape index (κ2) is 7.51. The summed E-state index contributed by atoms with van der Waals surface area (Å²) >= 11 is 0. The normalized spacial score (nSPS) is 14.4. The Bertz CT molecular complexity index is 796. The van der Waals surface area contributed by atoms with Gasteiger partial charge in [0.05, 0.1) is 6.33 Å². The van der Waals surface area contributed by atoms with Crippen LogP contribution in [0.3, 0.4) is 0 Å². The lowest BCUT2D eigenvalue weighted by molar-refractivity contribution is 0.0980. The summed E-state index contributed by atoms with van der Waals surface area (Å²) < 4.78 is 18.3. The molecular formula is C21H22FNO2. The van der Waals surface area contributed by atoms with Gasteiger partial charge in [0.25, 0.3) is 5.91 Å². The Kier molecular flexibility index (Phi) is 5.17. The van der Waals surface area contributed by atoms with E-state index in [1.165, 1.54) is 5.56 Å². The van der Waals surface area contributed by atoms with Crippen LogP contribution < -0.4 is 9.64 Å². The van der Waals surface area contributed by atoms with Crippen LogP contribution in [-0.4, -0.2) is 19.1 Å². The standard InChI is InChI=1S/C21H22FNO2/c1-3-16(13-22)14-25-19-8-9-20-17(12-19)10-11-23(21(20)24)18-6-4-15(2)5-7-18/h4-9,12-13H,3,10-11,14H2,1-2H3/b16-13+. The summed E-state index contributed by atoms with van der Waals surface area (Å²) in [5.74, 6) is 0.678. The summed E-state index contributed by atoms with van der Waals surface area (Å²) in [6.45, 7) is 4.79. The van der Waals surface area contributed by atoms with E-state index in [1.807, 2.05) is 49.1 Å². The van der Waals surface area contributed by atoms with Crippen LogP contribution in [0, 0.1) is 6.92 Å². The summed E-state index contributed by atoms with van der Waals surface area (Å²) in [6, 6.07) is 13.5. The Labute approximate surface area is 147 Å². The summed E-state index contributed by atoms with van der Waals surface area (Å²) in [4.78, 5) is 14.6. The van der Waals surface area contributed by atoms with Crippen molar-refractivity contribution in [1.29, 1.82) is 0 Å². The zero-order valence-electron chi connectivity index (χ0n) is 14.6. The van der Waals surface area contributed by atoms with Crippen molar-refractivity contribution in [2.24, 2.45) is 0 Å². The van der Waals surface area contributed by atoms with Crippen molar-refractivity contribution in [3.05, 3.63) is 71.1 Å². The zero-order chi connectivity index (χ0) is 17.8. The molecule has 0 aliphatic carbocycles. The first-order valence-corrected chi connectivity index (χ1v) is 8.54. The molecule has 3 rings (SSSR count). The number of carbonyl (C=O) groups excluding carboxylic acids is 1. The topological polar surface area (TPSA) is 29.5 Å². The summed E-state index contributed by atoms with van der Waals surface area (Å²) in [5, 5.41) is 0. The van der Waals surface area contributed by atoms with Crippen LogP contribution in [0.25, 0.3) is 0 Å². The molecule has 1 amide bonds. The van der Waals surface area contributed by atoms with E-state index in [4.69, 9.17) is 4.74 Å². The van der Waals surface area contributed by atoms with Crippen LogP contribution in [-0.2, 0) is 6.42 Å². The molecule has 1 heterocycles. The first kappa shape index (κ1) is 17.2. The zero-order valence-corrected chi connectivity index (χ0v) is 14.6. The van der Waals surface area contributed by atoms with E-state index in [0.717, 1.165) is 17.7 Å². The highest BCUT2D eigenvalue weighted by Crippen LogP contribution is 2.27. The smallest absolute Gasteiger partial charge is 0.258 e. The van der Waals surface area contributed by atoms with E-state index in [9.17, 15) is 9.18 Å². The lowest BCUT2D eigenvalue weighted by atomic mass is 9.98. The Balaban J connectivity index is 1.77. The number of nitrogens with zero attached hydrogens (tertiary/aromatic N) is 1. The molecule has 0 aromatic heterocycles. The molecule has 4 heteroatoms. The molecule has 0 saturated carbocycles. The first-order chi connectivity index (χ1) is 12.1. The van der Waals surface area contributed by atoms with Gasteiger partial charge in [-0.25, -0.2) is 4.39 Å². The molecule has 130 valence electrons. The van der Waals surface area contributed by atoms with Gasteiger partial charge < -0.3 is 9.64 Å². The average molecular weight is 339 g/mol. The van der Waals surface area contributed by atoms with Crippen molar-refractivity contribution in [2.75, 3.05) is 18.1 Å². The van der Waals surface area contributed by atoms with Crippen molar-refractivity contribution >= 4 is 11.6 Å². The van der Waals surface area contributed by atoms with Crippen LogP contribution in [0.2, 0.25) is 0 Å². The quantitative estimate of drug-likeness (QED) is 0.780. The number of fused-ring (bicyclic) bond motifs is 1. The van der Waals surface area contributed by atoms with Crippen LogP contribution >= 0.6 is 0 Å². The van der Waals surface area contributed by atoms with Gasteiger partial charge in [0.15, 0.2) is 0 Å². The molecule has 0 N–H and O–H groups in total. The molecule has 3 nitrogen and oxygen atoms in total. The summed E-state index contributed by atoms with van der Waals surface area (Å²) in [6.07, 6.45) is 1.98. The molecule has 0 bridgehead atoms. The maximum Gasteiger partial charge on any atom is 0.258 e. The fourth-order valence-corrected chi connectivity index (χ4v) is 2.91. The van der Waals surface area contributed by atoms with Gasteiger partial charge in [-0.1, -0.05) is 24.6 Å². The lowest BCUT2D eigenvalue weighted by Crippen LogP contribution is -2.37. The number of benzene rings is 2. The highest BCUT2D eigenvalue weighted by molar-refractivity contribution is 6.08. The van der Waals surface area contributed by atoms with Gasteiger partial charge in [0, 0.05) is 17.8 Å². The van der Waals surface area contributed by atoms with Crippen LogP contribution in [0.1, 0.15) is 34.8 Å². The third kappa shape index (κ3) is 3.73. The summed E-state index contributed by atoms with van der Waals surface area (Å²) in [7, 11) is 0. The van der Waals surface area contributed by atoms with Crippen molar-refractivity contribution in [2.45, 2.75) is 26.7 Å². The van der Waals surface area contributed by atoms with Gasteiger partial charge in [0.1, 0.15) is 12.4 Å². The molecule has 0 fully saturated rings. The molecule has 25 heavy (non-hydrogen) atoms. The molecular weight excluding hydrogens is 317 g/mol. The minimum Gasteiger partial charge on any atom is -0.489 e. The number of ether oxygens (including phenoxy) is 1. The molecule has 2 aromatic carbocycles. The third-order valence-electron chi connectivity index (χ3n) is 4.54. The SMILES string of the molecule is CC/C(=C\F)COc1ccc2c(c1)CCN(c1ccc(C)cc1)C2=O. The molecule has 1 aliphatic rings. The van der Waals surface area contributed by atoms with E-state index >= 15 is 0 Å². The van der Waals surface area contributed by atoms with Crippen molar-refractivity contribution in [3.63, 3.8) is 0 Å². The van der Waals surface area contributed by atoms with Gasteiger partial charge in [-0.2, -0.15) is 0 Å². The monoisotopic (exact) mass is 339 g/mol. The van der Waals surface area contributed by atoms with Crippen LogP contribution in [0.4, 0.5) is 10.1 Å². The predicted octanol–water partition coefficient (Wildman–Crippen LogP) is 4.84. The lowest BCUT2D eigenvalue weighted by Gasteiger charge is -2.29. The minimum atomic E-state index is 0.00885. The second-order valence-electron chi connectivity index (χ2n) is 6.27. The third-order valence-corrected chi connectivity index (χ3v) is 4.54. The molecule has 0 unspecified atom stereocenters. The predicted molar refractivity (Wildman–Crippen MR) is 98.0 cm³/mol. The van der Waals surface area contributed by atoms with Crippen molar-refractivity contribution < 1.29 is 13.9 Å². The molecule has 0 radical (unpaired) electrons. The van der Waals surface area contributed by atoms with Crippen LogP contribution in [0.5, 0.6) is 5.75 Å². The number of aryl methyl sites for hydroxylation is 1. The fraction of sp³-hybridized carbons (Fsp3) is 0.286. The Morgan fingerprint density at radius 2 is 2.00 bits per heavy atom. The second-order valence-corrected chi connectivity index (χ2v) is 6.27. The fourth-order valence-electron chi connectivity index (χ4n) is 2.91. The highest BCUT2D eigenvalue weighted by atomic mass is 19.1. The molecule has 0 saturated heterocycles. The maximum absolute atomic E-state index is 12.8. The number of rotatable bonds is 5. The Hall–Kier alpha value is -2.62. The number of carbonyl (C=O) groups is 1. The van der Waals surface area contributed by atoms with E-state index in [-0.39, 0.29) is 12.5 Å². The minimum absolute atomic E-state index is 0.00885. The number of halogens is 1. The molecule has 0 atom stereocenters. The largest absolute Gasteiger partial charge is 0.489 e. The highest BCUT2D eigenvalue weighted by Gasteiger charge is 2.25. The average Bonchev–Trinajstić information content (AvgIpc) is 2.64. The van der Waals surface area contributed by atoms with Gasteiger partial charge in [-0.05, 0) is 61.2 Å². The van der Waals surface area contributed by atoms with Gasteiger partial charge >= 0.3 is 0 Å². The van der Waals surface area contributed by atoms with E-state index in [2.05, 4.69) is 0 Å². The van der Waals surface area contributed by atoms with Crippen molar-refractivity contribution in [1.82, 2.24) is 0 Å². The Morgan fingerprint density at radius 1 is 1.24 bits per heavy atom. The summed E-state index contributed by atoms with van der Waals surface area (Å²) in [5.41, 5.74) is 4.38. The van der Waals surface area contributed by atoms with E-state index in [0.29, 0.717) is 36.2 Å². The van der Waals surface area contributed by atoms with Crippen LogP contribution in [0.15, 0.2) is 54.4 Å². The number of hydrogen-bond acceptors (Lipinski definition) is 2. The number of hydrogen-bond donors (Lipinski definition) is 0. The molecule has 1 aliphatic heterocycles. The van der Waals surface area contributed by atoms with E-state index in [1.54, 1.807) is 12.1 Å². The van der Waals surface area contributed by atoms with Gasteiger partial charge in [-0.15, -0.1) is 0 Å². The number of amides is 1. The maximum atomic E-state index is 12.8. The van der Waals surface area contributed by atoms with Crippen molar-refractivity contribution in [3.8, 4) is 5.75 Å². The molecule has 0 spiro atoms. The van der Waals surface area contributed by atoms with Gasteiger partial charge in [0.2, 0.25) is 0 Å².